The molecule has 4 rings (SSSR count). The molecule has 0 bridgehead atoms. The summed E-state index contributed by atoms with van der Waals surface area (Å²) in [5.74, 6) is -45.2. The third kappa shape index (κ3) is 4.29. The van der Waals surface area contributed by atoms with Crippen LogP contribution in [-0.4, -0.2) is 17.4 Å². The summed E-state index contributed by atoms with van der Waals surface area (Å²) in [6.07, 6.45) is -4.82. The molecule has 0 heterocycles. The van der Waals surface area contributed by atoms with E-state index in [1.807, 2.05) is 0 Å². The zero-order chi connectivity index (χ0) is 32.5. The Bertz CT molecular complexity index is 1510. The standard InChI is InChI=1S/C24H10BF15O3/c26-8-5(9(27)15(33)20(38)14(8)32)23(6-10(28)16(34)21(39)17(35)11(6)29)3-1-2-4-24(23,43-25(41)42)7-12(30)18(36)22(40)19(37)13(7)31/h41-42H,1-4H2. The minimum atomic E-state index is -4.39. The average Bonchev–Trinajstić information content (AvgIpc) is 2.96. The lowest BCUT2D eigenvalue weighted by molar-refractivity contribution is -0.0771. The van der Waals surface area contributed by atoms with Crippen LogP contribution in [0.5, 0.6) is 0 Å². The Morgan fingerprint density at radius 2 is 0.651 bits per heavy atom. The second kappa shape index (κ2) is 10.9. The van der Waals surface area contributed by atoms with Gasteiger partial charge >= 0.3 is 7.32 Å². The van der Waals surface area contributed by atoms with E-state index < -0.39 is 148 Å². The molecule has 0 radical (unpaired) electrons. The summed E-state index contributed by atoms with van der Waals surface area (Å²) in [4.78, 5) is 0. The highest BCUT2D eigenvalue weighted by Gasteiger charge is 2.65. The molecule has 1 fully saturated rings. The van der Waals surface area contributed by atoms with Crippen molar-refractivity contribution < 1.29 is 80.6 Å². The molecule has 0 aromatic heterocycles. The van der Waals surface area contributed by atoms with Crippen LogP contribution in [0.25, 0.3) is 0 Å². The molecule has 3 aromatic rings. The highest BCUT2D eigenvalue weighted by molar-refractivity contribution is 6.32. The van der Waals surface area contributed by atoms with Crippen molar-refractivity contribution in [3.05, 3.63) is 104 Å². The molecule has 3 nitrogen and oxygen atoms in total. The van der Waals surface area contributed by atoms with Crippen LogP contribution >= 0.6 is 0 Å². The molecule has 3 aromatic carbocycles. The summed E-state index contributed by atoms with van der Waals surface area (Å²) >= 11 is 0. The molecule has 1 unspecified atom stereocenters. The number of hydrogen-bond acceptors (Lipinski definition) is 3. The molecule has 1 atom stereocenters. The van der Waals surface area contributed by atoms with Gasteiger partial charge in [0.2, 0.25) is 17.5 Å². The third-order valence-corrected chi connectivity index (χ3v) is 7.21. The van der Waals surface area contributed by atoms with Crippen LogP contribution < -0.4 is 0 Å². The summed E-state index contributed by atoms with van der Waals surface area (Å²) in [5.41, 5.74) is -16.5. The zero-order valence-electron chi connectivity index (χ0n) is 20.4. The van der Waals surface area contributed by atoms with Crippen molar-refractivity contribution in [3.8, 4) is 0 Å². The van der Waals surface area contributed by atoms with Crippen molar-refractivity contribution in [2.24, 2.45) is 0 Å². The van der Waals surface area contributed by atoms with Crippen LogP contribution in [0, 0.1) is 87.3 Å². The van der Waals surface area contributed by atoms with Gasteiger partial charge in [0.15, 0.2) is 69.8 Å². The van der Waals surface area contributed by atoms with E-state index in [9.17, 15) is 49.6 Å². The molecule has 1 saturated carbocycles. The summed E-state index contributed by atoms with van der Waals surface area (Å²) in [7, 11) is -3.60. The Morgan fingerprint density at radius 1 is 0.395 bits per heavy atom. The van der Waals surface area contributed by atoms with Crippen LogP contribution in [0.1, 0.15) is 42.4 Å². The maximum absolute atomic E-state index is 15.5. The van der Waals surface area contributed by atoms with E-state index >= 15 is 26.3 Å². The van der Waals surface area contributed by atoms with Gasteiger partial charge in [0.25, 0.3) is 0 Å². The van der Waals surface area contributed by atoms with Gasteiger partial charge in [-0.15, -0.1) is 0 Å². The van der Waals surface area contributed by atoms with Crippen molar-refractivity contribution in [3.63, 3.8) is 0 Å². The molecule has 1 aliphatic carbocycles. The fraction of sp³-hybridized carbons (Fsp3) is 0.250. The van der Waals surface area contributed by atoms with Gasteiger partial charge in [0.1, 0.15) is 5.60 Å². The quantitative estimate of drug-likeness (QED) is 0.145. The SMILES string of the molecule is OB(O)OC1(c2c(F)c(F)c(F)c(F)c2F)CCCCC1(c1c(F)c(F)c(F)c(F)c1F)c1c(F)c(F)c(F)c(F)c1F. The van der Waals surface area contributed by atoms with Gasteiger partial charge in [-0.05, 0) is 12.8 Å². The number of rotatable bonds is 5. The van der Waals surface area contributed by atoms with Gasteiger partial charge in [-0.2, -0.15) is 0 Å². The first-order chi connectivity index (χ1) is 19.9. The van der Waals surface area contributed by atoms with Crippen LogP contribution in [0.15, 0.2) is 0 Å². The van der Waals surface area contributed by atoms with E-state index in [1.165, 1.54) is 0 Å². The zero-order valence-corrected chi connectivity index (χ0v) is 20.4. The Labute approximate surface area is 229 Å². The second-order valence-electron chi connectivity index (χ2n) is 9.22. The Morgan fingerprint density at radius 3 is 0.953 bits per heavy atom. The normalized spacial score (nSPS) is 18.3. The lowest BCUT2D eigenvalue weighted by atomic mass is 9.53. The van der Waals surface area contributed by atoms with E-state index in [-0.39, 0.29) is 0 Å². The highest BCUT2D eigenvalue weighted by Crippen LogP contribution is 2.62. The fourth-order valence-corrected chi connectivity index (χ4v) is 5.61. The minimum Gasteiger partial charge on any atom is -0.402 e. The van der Waals surface area contributed by atoms with E-state index in [1.54, 1.807) is 0 Å². The van der Waals surface area contributed by atoms with E-state index in [0.29, 0.717) is 0 Å². The van der Waals surface area contributed by atoms with Crippen molar-refractivity contribution in [2.75, 3.05) is 0 Å². The monoisotopic (exact) mass is 642 g/mol. The maximum atomic E-state index is 15.5. The Hall–Kier alpha value is -3.45. The number of halogens is 15. The first-order valence-electron chi connectivity index (χ1n) is 11.5. The number of hydrogen-bond donors (Lipinski definition) is 2. The molecule has 0 aliphatic heterocycles. The summed E-state index contributed by atoms with van der Waals surface area (Å²) < 4.78 is 226. The molecule has 2 N–H and O–H groups in total. The smallest absolute Gasteiger partial charge is 0.402 e. The molecule has 0 amide bonds. The van der Waals surface area contributed by atoms with Crippen LogP contribution in [-0.2, 0) is 15.7 Å². The minimum absolute atomic E-state index is 0.737. The van der Waals surface area contributed by atoms with E-state index in [4.69, 9.17) is 0 Å². The average molecular weight is 642 g/mol. The van der Waals surface area contributed by atoms with E-state index in [2.05, 4.69) is 4.65 Å². The first-order valence-corrected chi connectivity index (χ1v) is 11.5. The molecular formula is C24H10BF15O3. The van der Waals surface area contributed by atoms with Gasteiger partial charge in [0.05, 0.1) is 11.0 Å². The van der Waals surface area contributed by atoms with Gasteiger partial charge in [-0.1, -0.05) is 12.8 Å². The first kappa shape index (κ1) is 32.5. The van der Waals surface area contributed by atoms with Gasteiger partial charge in [-0.3, -0.25) is 0 Å². The van der Waals surface area contributed by atoms with Crippen LogP contribution in [0.3, 0.4) is 0 Å². The second-order valence-corrected chi connectivity index (χ2v) is 9.22. The largest absolute Gasteiger partial charge is 0.634 e. The third-order valence-electron chi connectivity index (χ3n) is 7.21. The van der Waals surface area contributed by atoms with Crippen molar-refractivity contribution >= 4 is 7.32 Å². The molecule has 0 saturated heterocycles. The van der Waals surface area contributed by atoms with Crippen LogP contribution in [0.2, 0.25) is 0 Å². The maximum Gasteiger partial charge on any atom is 0.634 e. The highest BCUT2D eigenvalue weighted by atomic mass is 19.2. The van der Waals surface area contributed by atoms with Crippen LogP contribution in [0.4, 0.5) is 65.9 Å². The van der Waals surface area contributed by atoms with Crippen molar-refractivity contribution in [2.45, 2.75) is 36.7 Å². The van der Waals surface area contributed by atoms with Gasteiger partial charge in [-0.25, -0.2) is 65.9 Å². The predicted molar refractivity (Wildman–Crippen MR) is 111 cm³/mol. The molecule has 1 aliphatic rings. The molecule has 0 spiro atoms. The summed E-state index contributed by atoms with van der Waals surface area (Å²) in [5, 5.41) is 19.3. The van der Waals surface area contributed by atoms with Gasteiger partial charge < -0.3 is 14.7 Å². The molecule has 19 heteroatoms. The topological polar surface area (TPSA) is 49.7 Å². The Kier molecular flexibility index (Phi) is 8.25. The Balaban J connectivity index is 2.46. The molecule has 43 heavy (non-hydrogen) atoms. The van der Waals surface area contributed by atoms with Gasteiger partial charge in [0, 0.05) is 11.1 Å². The molecule has 232 valence electrons. The van der Waals surface area contributed by atoms with E-state index in [0.717, 1.165) is 0 Å². The van der Waals surface area contributed by atoms with Crippen molar-refractivity contribution in [1.82, 2.24) is 0 Å². The van der Waals surface area contributed by atoms with Crippen molar-refractivity contribution in [1.29, 1.82) is 0 Å². The molecular weight excluding hydrogens is 632 g/mol. The fourth-order valence-electron chi connectivity index (χ4n) is 5.61. The lowest BCUT2D eigenvalue weighted by Crippen LogP contribution is -2.59. The number of benzene rings is 3. The summed E-state index contributed by atoms with van der Waals surface area (Å²) in [6.45, 7) is 0. The lowest BCUT2D eigenvalue weighted by Gasteiger charge is -2.54. The summed E-state index contributed by atoms with van der Waals surface area (Å²) in [6, 6.07) is 0. The predicted octanol–water partition coefficient (Wildman–Crippen LogP) is 6.51.